The van der Waals surface area contributed by atoms with E-state index in [1.165, 1.54) is 0 Å². The molecule has 0 spiro atoms. The molecule has 0 aliphatic carbocycles. The number of amides is 1. The van der Waals surface area contributed by atoms with E-state index in [0.717, 1.165) is 28.0 Å². The lowest BCUT2D eigenvalue weighted by Crippen LogP contribution is -2.30. The second-order valence-electron chi connectivity index (χ2n) is 6.12. The Labute approximate surface area is 146 Å². The third-order valence-electron chi connectivity index (χ3n) is 3.77. The first-order chi connectivity index (χ1) is 12.1. The molecular weight excluding hydrogens is 314 g/mol. The van der Waals surface area contributed by atoms with Crippen LogP contribution in [0.15, 0.2) is 53.6 Å². The minimum atomic E-state index is -0.157. The van der Waals surface area contributed by atoms with Crippen LogP contribution in [0, 0.1) is 6.92 Å². The maximum atomic E-state index is 11.8. The highest BCUT2D eigenvalue weighted by atomic mass is 16.2. The van der Waals surface area contributed by atoms with Gasteiger partial charge in [-0.3, -0.25) is 4.79 Å². The van der Waals surface area contributed by atoms with Crippen molar-refractivity contribution in [3.63, 3.8) is 0 Å². The van der Waals surface area contributed by atoms with Gasteiger partial charge in [0.2, 0.25) is 0 Å². The van der Waals surface area contributed by atoms with E-state index in [1.807, 2.05) is 74.1 Å². The van der Waals surface area contributed by atoms with Gasteiger partial charge in [-0.1, -0.05) is 36.4 Å². The maximum Gasteiger partial charge on any atom is 0.254 e. The van der Waals surface area contributed by atoms with Crippen molar-refractivity contribution in [1.29, 1.82) is 0 Å². The van der Waals surface area contributed by atoms with Crippen LogP contribution in [0.5, 0.6) is 0 Å². The van der Waals surface area contributed by atoms with Crippen LogP contribution < -0.4 is 5.43 Å². The number of nitrogens with one attached hydrogen (secondary N) is 1. The summed E-state index contributed by atoms with van der Waals surface area (Å²) >= 11 is 0. The van der Waals surface area contributed by atoms with Crippen LogP contribution in [0.1, 0.15) is 11.3 Å². The maximum absolute atomic E-state index is 11.8. The van der Waals surface area contributed by atoms with E-state index in [4.69, 9.17) is 5.10 Å². The first-order valence-corrected chi connectivity index (χ1v) is 8.06. The molecule has 1 amide bonds. The number of rotatable bonds is 5. The highest BCUT2D eigenvalue weighted by Gasteiger charge is 2.14. The van der Waals surface area contributed by atoms with E-state index in [9.17, 15) is 4.79 Å². The van der Waals surface area contributed by atoms with Crippen molar-refractivity contribution in [3.05, 3.63) is 59.8 Å². The molecule has 25 heavy (non-hydrogen) atoms. The summed E-state index contributed by atoms with van der Waals surface area (Å²) in [6.45, 7) is 2.30. The van der Waals surface area contributed by atoms with Gasteiger partial charge in [-0.2, -0.15) is 10.2 Å². The van der Waals surface area contributed by atoms with Gasteiger partial charge in [0.25, 0.3) is 5.91 Å². The van der Waals surface area contributed by atoms with Crippen molar-refractivity contribution in [2.75, 3.05) is 20.6 Å². The fourth-order valence-corrected chi connectivity index (χ4v) is 2.65. The topological polar surface area (TPSA) is 62.0 Å². The quantitative estimate of drug-likeness (QED) is 0.575. The zero-order chi connectivity index (χ0) is 17.8. The molecule has 6 heteroatoms. The molecular formula is C19H21N5O. The zero-order valence-electron chi connectivity index (χ0n) is 14.6. The minimum absolute atomic E-state index is 0.157. The molecule has 0 radical (unpaired) electrons. The minimum Gasteiger partial charge on any atom is -0.301 e. The number of benzene rings is 1. The number of nitrogens with zero attached hydrogens (tertiary/aromatic N) is 4. The van der Waals surface area contributed by atoms with E-state index in [0.29, 0.717) is 0 Å². The molecule has 2 heterocycles. The average Bonchev–Trinajstić information content (AvgIpc) is 2.95. The number of pyridine rings is 1. The van der Waals surface area contributed by atoms with E-state index in [2.05, 4.69) is 10.5 Å². The fraction of sp³-hybridized carbons (Fsp3) is 0.211. The van der Waals surface area contributed by atoms with Gasteiger partial charge >= 0.3 is 0 Å². The summed E-state index contributed by atoms with van der Waals surface area (Å²) in [6, 6.07) is 15.9. The number of likely N-dealkylation sites (N-methyl/N-ethyl adjacent to an activating group) is 1. The van der Waals surface area contributed by atoms with Crippen molar-refractivity contribution in [3.8, 4) is 11.3 Å². The highest BCUT2D eigenvalue weighted by molar-refractivity contribution is 5.97. The number of hydrazone groups is 1. The molecule has 0 aliphatic heterocycles. The van der Waals surface area contributed by atoms with Crippen molar-refractivity contribution in [2.24, 2.45) is 5.10 Å². The van der Waals surface area contributed by atoms with Crippen LogP contribution in [0.25, 0.3) is 16.8 Å². The standard InChI is InChI=1S/C19H21N5O/c1-14-8-7-11-17-16(12-20-21-18(25)13-23(2)3)19(22-24(14)17)15-9-5-4-6-10-15/h4-12H,13H2,1-3H3,(H,21,25). The first kappa shape index (κ1) is 16.9. The Morgan fingerprint density at radius 2 is 1.96 bits per heavy atom. The van der Waals surface area contributed by atoms with Gasteiger partial charge in [0.15, 0.2) is 0 Å². The second kappa shape index (κ2) is 7.27. The number of hydrogen-bond acceptors (Lipinski definition) is 4. The van der Waals surface area contributed by atoms with Gasteiger partial charge in [-0.15, -0.1) is 0 Å². The predicted molar refractivity (Wildman–Crippen MR) is 99.7 cm³/mol. The number of carbonyl (C=O) groups excluding carboxylic acids is 1. The average molecular weight is 335 g/mol. The number of fused-ring (bicyclic) bond motifs is 1. The summed E-state index contributed by atoms with van der Waals surface area (Å²) in [4.78, 5) is 13.6. The lowest BCUT2D eigenvalue weighted by Gasteiger charge is -2.06. The third-order valence-corrected chi connectivity index (χ3v) is 3.77. The van der Waals surface area contributed by atoms with Crippen LogP contribution >= 0.6 is 0 Å². The summed E-state index contributed by atoms with van der Waals surface area (Å²) in [5, 5.41) is 8.86. The van der Waals surface area contributed by atoms with Crippen molar-refractivity contribution >= 4 is 17.6 Å². The van der Waals surface area contributed by atoms with Gasteiger partial charge in [-0.05, 0) is 33.2 Å². The zero-order valence-corrected chi connectivity index (χ0v) is 14.6. The Morgan fingerprint density at radius 3 is 2.68 bits per heavy atom. The molecule has 0 bridgehead atoms. The lowest BCUT2D eigenvalue weighted by atomic mass is 10.1. The number of aryl methyl sites for hydroxylation is 1. The Balaban J connectivity index is 2.00. The lowest BCUT2D eigenvalue weighted by molar-refractivity contribution is -0.121. The van der Waals surface area contributed by atoms with Gasteiger partial charge in [0.05, 0.1) is 18.3 Å². The summed E-state index contributed by atoms with van der Waals surface area (Å²) in [5.74, 6) is -0.157. The molecule has 3 rings (SSSR count). The molecule has 0 fully saturated rings. The van der Waals surface area contributed by atoms with Gasteiger partial charge in [0, 0.05) is 16.8 Å². The van der Waals surface area contributed by atoms with Crippen molar-refractivity contribution in [1.82, 2.24) is 19.9 Å². The van der Waals surface area contributed by atoms with Crippen LogP contribution in [-0.2, 0) is 4.79 Å². The molecule has 1 aromatic carbocycles. The number of hydrogen-bond donors (Lipinski definition) is 1. The smallest absolute Gasteiger partial charge is 0.254 e. The molecule has 1 N–H and O–H groups in total. The third kappa shape index (κ3) is 3.75. The predicted octanol–water partition coefficient (Wildman–Crippen LogP) is 2.32. The van der Waals surface area contributed by atoms with E-state index < -0.39 is 0 Å². The van der Waals surface area contributed by atoms with E-state index in [1.54, 1.807) is 11.1 Å². The first-order valence-electron chi connectivity index (χ1n) is 8.06. The molecule has 0 saturated carbocycles. The fourth-order valence-electron chi connectivity index (χ4n) is 2.65. The molecule has 2 aromatic heterocycles. The van der Waals surface area contributed by atoms with Gasteiger partial charge < -0.3 is 4.90 Å². The van der Waals surface area contributed by atoms with E-state index >= 15 is 0 Å². The Kier molecular flexibility index (Phi) is 4.90. The molecule has 0 atom stereocenters. The van der Waals surface area contributed by atoms with Crippen LogP contribution in [0.4, 0.5) is 0 Å². The number of aromatic nitrogens is 2. The van der Waals surface area contributed by atoms with Gasteiger partial charge in [-0.25, -0.2) is 9.94 Å². The Morgan fingerprint density at radius 1 is 1.20 bits per heavy atom. The molecule has 6 nitrogen and oxygen atoms in total. The van der Waals surface area contributed by atoms with Crippen LogP contribution in [0.3, 0.4) is 0 Å². The van der Waals surface area contributed by atoms with Crippen molar-refractivity contribution in [2.45, 2.75) is 6.92 Å². The normalized spacial score (nSPS) is 11.5. The monoisotopic (exact) mass is 335 g/mol. The second-order valence-corrected chi connectivity index (χ2v) is 6.12. The summed E-state index contributed by atoms with van der Waals surface area (Å²) in [7, 11) is 3.68. The molecule has 3 aromatic rings. The summed E-state index contributed by atoms with van der Waals surface area (Å²) < 4.78 is 1.89. The molecule has 128 valence electrons. The van der Waals surface area contributed by atoms with Crippen molar-refractivity contribution < 1.29 is 4.79 Å². The van der Waals surface area contributed by atoms with Gasteiger partial charge in [0.1, 0.15) is 5.69 Å². The SMILES string of the molecule is Cc1cccc2c(C=NNC(=O)CN(C)C)c(-c3ccccc3)nn12. The molecule has 0 saturated heterocycles. The van der Waals surface area contributed by atoms with E-state index in [-0.39, 0.29) is 12.5 Å². The summed E-state index contributed by atoms with van der Waals surface area (Å²) in [5.41, 5.74) is 7.26. The highest BCUT2D eigenvalue weighted by Crippen LogP contribution is 2.25. The van der Waals surface area contributed by atoms with Crippen LogP contribution in [-0.4, -0.2) is 47.3 Å². The molecule has 0 aliphatic rings. The van der Waals surface area contributed by atoms with Crippen LogP contribution in [0.2, 0.25) is 0 Å². The molecule has 0 unspecified atom stereocenters. The largest absolute Gasteiger partial charge is 0.301 e. The Hall–Kier alpha value is -2.99. The number of carbonyl (C=O) groups is 1. The Bertz CT molecular complexity index is 912. The summed E-state index contributed by atoms with van der Waals surface area (Å²) in [6.07, 6.45) is 1.66.